The van der Waals surface area contributed by atoms with E-state index >= 15 is 0 Å². The average Bonchev–Trinajstić information content (AvgIpc) is 3.10. The Balaban J connectivity index is 1.62. The van der Waals surface area contributed by atoms with Crippen molar-refractivity contribution in [3.05, 3.63) is 42.0 Å². The van der Waals surface area contributed by atoms with Crippen molar-refractivity contribution in [2.45, 2.75) is 4.21 Å². The Morgan fingerprint density at radius 2 is 2.04 bits per heavy atom. The van der Waals surface area contributed by atoms with Gasteiger partial charge in [-0.1, -0.05) is 6.07 Å². The molecule has 7 nitrogen and oxygen atoms in total. The first-order valence-electron chi connectivity index (χ1n) is 6.89. The van der Waals surface area contributed by atoms with Crippen LogP contribution >= 0.6 is 11.3 Å². The van der Waals surface area contributed by atoms with E-state index in [1.54, 1.807) is 43.0 Å². The van der Waals surface area contributed by atoms with Gasteiger partial charge in [-0.2, -0.15) is 4.31 Å². The normalized spacial score (nSPS) is 11.9. The third-order valence-electron chi connectivity index (χ3n) is 3.22. The summed E-state index contributed by atoms with van der Waals surface area (Å²) in [7, 11) is -1.85. The van der Waals surface area contributed by atoms with Gasteiger partial charge < -0.3 is 5.32 Å². The minimum Gasteiger partial charge on any atom is -0.369 e. The lowest BCUT2D eigenvalue weighted by atomic mass is 10.4. The quantitative estimate of drug-likeness (QED) is 0.730. The van der Waals surface area contributed by atoms with E-state index in [1.165, 1.54) is 15.6 Å². The van der Waals surface area contributed by atoms with Crippen LogP contribution in [0.15, 0.2) is 46.2 Å². The average molecular weight is 349 g/mol. The third kappa shape index (κ3) is 3.46. The summed E-state index contributed by atoms with van der Waals surface area (Å²) >= 11 is 1.21. The summed E-state index contributed by atoms with van der Waals surface area (Å²) in [4.78, 5) is 12.6. The van der Waals surface area contributed by atoms with Crippen molar-refractivity contribution in [1.29, 1.82) is 0 Å². The summed E-state index contributed by atoms with van der Waals surface area (Å²) in [6, 6.07) is 6.95. The largest absolute Gasteiger partial charge is 0.369 e. The predicted octanol–water partition coefficient (Wildman–Crippen LogP) is 1.82. The van der Waals surface area contributed by atoms with E-state index in [-0.39, 0.29) is 0 Å². The van der Waals surface area contributed by atoms with Gasteiger partial charge in [-0.05, 0) is 23.6 Å². The molecule has 0 atom stereocenters. The Labute approximate surface area is 138 Å². The molecule has 0 amide bonds. The van der Waals surface area contributed by atoms with Gasteiger partial charge in [0.05, 0.1) is 0 Å². The number of pyridine rings is 1. The number of rotatable bonds is 6. The topological polar surface area (TPSA) is 88.1 Å². The van der Waals surface area contributed by atoms with Crippen LogP contribution in [-0.4, -0.2) is 47.8 Å². The first-order chi connectivity index (χ1) is 11.1. The van der Waals surface area contributed by atoms with Crippen molar-refractivity contribution in [2.75, 3.05) is 25.5 Å². The van der Waals surface area contributed by atoms with Crippen molar-refractivity contribution in [3.8, 4) is 0 Å². The van der Waals surface area contributed by atoms with Gasteiger partial charge in [0, 0.05) is 32.5 Å². The molecule has 0 aliphatic heterocycles. The van der Waals surface area contributed by atoms with E-state index in [0.29, 0.717) is 28.8 Å². The molecule has 0 aliphatic carbocycles. The lowest BCUT2D eigenvalue weighted by Gasteiger charge is -2.16. The SMILES string of the molecule is CN(CCNc1ccc2nccnc2n1)S(=O)(=O)c1cccs1. The minimum atomic E-state index is -3.42. The van der Waals surface area contributed by atoms with Crippen molar-refractivity contribution < 1.29 is 8.42 Å². The molecule has 0 saturated heterocycles. The summed E-state index contributed by atoms with van der Waals surface area (Å²) in [5, 5.41) is 4.85. The Morgan fingerprint density at radius 3 is 2.83 bits per heavy atom. The number of nitrogens with zero attached hydrogens (tertiary/aromatic N) is 4. The highest BCUT2D eigenvalue weighted by Crippen LogP contribution is 2.19. The number of likely N-dealkylation sites (N-methyl/N-ethyl adjacent to an activating group) is 1. The third-order valence-corrected chi connectivity index (χ3v) is 6.45. The van der Waals surface area contributed by atoms with E-state index < -0.39 is 10.0 Å². The molecule has 3 aromatic rings. The van der Waals surface area contributed by atoms with Gasteiger partial charge in [0.2, 0.25) is 0 Å². The molecule has 1 N–H and O–H groups in total. The Morgan fingerprint density at radius 1 is 1.22 bits per heavy atom. The zero-order valence-electron chi connectivity index (χ0n) is 12.4. The minimum absolute atomic E-state index is 0.334. The maximum atomic E-state index is 12.3. The van der Waals surface area contributed by atoms with E-state index in [0.717, 1.165) is 5.52 Å². The molecule has 0 aromatic carbocycles. The Kier molecular flexibility index (Phi) is 4.51. The summed E-state index contributed by atoms with van der Waals surface area (Å²) < 4.78 is 26.2. The summed E-state index contributed by atoms with van der Waals surface area (Å²) in [5.74, 6) is 0.639. The molecular weight excluding hydrogens is 334 g/mol. The smallest absolute Gasteiger partial charge is 0.252 e. The molecule has 3 rings (SSSR count). The molecule has 3 aromatic heterocycles. The number of fused-ring (bicyclic) bond motifs is 1. The second kappa shape index (κ2) is 6.57. The van der Waals surface area contributed by atoms with Crippen LogP contribution in [0.3, 0.4) is 0 Å². The molecule has 9 heteroatoms. The molecule has 3 heterocycles. The predicted molar refractivity (Wildman–Crippen MR) is 90.0 cm³/mol. The first-order valence-corrected chi connectivity index (χ1v) is 9.21. The summed E-state index contributed by atoms with van der Waals surface area (Å²) in [6.07, 6.45) is 3.20. The van der Waals surface area contributed by atoms with Gasteiger partial charge in [-0.3, -0.25) is 4.98 Å². The van der Waals surface area contributed by atoms with Crippen LogP contribution in [0, 0.1) is 0 Å². The van der Waals surface area contributed by atoms with E-state index in [1.807, 2.05) is 6.07 Å². The van der Waals surface area contributed by atoms with Crippen LogP contribution in [0.1, 0.15) is 0 Å². The maximum absolute atomic E-state index is 12.3. The molecule has 120 valence electrons. The van der Waals surface area contributed by atoms with Gasteiger partial charge >= 0.3 is 0 Å². The van der Waals surface area contributed by atoms with Crippen molar-refractivity contribution in [1.82, 2.24) is 19.3 Å². The van der Waals surface area contributed by atoms with Gasteiger partial charge in [-0.25, -0.2) is 18.4 Å². The molecule has 0 fully saturated rings. The highest BCUT2D eigenvalue weighted by molar-refractivity contribution is 7.91. The molecular formula is C14H15N5O2S2. The summed E-state index contributed by atoms with van der Waals surface area (Å²) in [5.41, 5.74) is 1.27. The fourth-order valence-corrected chi connectivity index (χ4v) is 4.35. The first kappa shape index (κ1) is 15.8. The summed E-state index contributed by atoms with van der Waals surface area (Å²) in [6.45, 7) is 0.778. The van der Waals surface area contributed by atoms with Crippen molar-refractivity contribution in [2.24, 2.45) is 0 Å². The lowest BCUT2D eigenvalue weighted by molar-refractivity contribution is 0.482. The second-order valence-corrected chi connectivity index (χ2v) is 8.00. The van der Waals surface area contributed by atoms with Crippen LogP contribution in [0.5, 0.6) is 0 Å². The monoisotopic (exact) mass is 349 g/mol. The fourth-order valence-electron chi connectivity index (χ4n) is 1.98. The lowest BCUT2D eigenvalue weighted by Crippen LogP contribution is -2.31. The molecule has 0 saturated carbocycles. The van der Waals surface area contributed by atoms with Crippen LogP contribution in [0.2, 0.25) is 0 Å². The number of nitrogens with one attached hydrogen (secondary N) is 1. The van der Waals surface area contributed by atoms with Gasteiger partial charge in [0.1, 0.15) is 15.5 Å². The van der Waals surface area contributed by atoms with Gasteiger partial charge in [0.25, 0.3) is 10.0 Å². The highest BCUT2D eigenvalue weighted by atomic mass is 32.2. The van der Waals surface area contributed by atoms with E-state index in [2.05, 4.69) is 20.3 Å². The zero-order valence-corrected chi connectivity index (χ0v) is 14.0. The van der Waals surface area contributed by atoms with E-state index in [4.69, 9.17) is 0 Å². The number of hydrogen-bond donors (Lipinski definition) is 1. The molecule has 0 spiro atoms. The standard InChI is InChI=1S/C14H15N5O2S2/c1-19(23(20,21)13-3-2-10-22-13)9-8-16-12-5-4-11-14(18-12)17-7-6-15-11/h2-7,10H,8-9H2,1H3,(H,16,17,18). The van der Waals surface area contributed by atoms with E-state index in [9.17, 15) is 8.42 Å². The van der Waals surface area contributed by atoms with Crippen molar-refractivity contribution >= 4 is 38.3 Å². The maximum Gasteiger partial charge on any atom is 0.252 e. The molecule has 0 bridgehead atoms. The highest BCUT2D eigenvalue weighted by Gasteiger charge is 2.21. The molecule has 0 radical (unpaired) electrons. The van der Waals surface area contributed by atoms with Gasteiger partial charge in [0.15, 0.2) is 5.65 Å². The van der Waals surface area contributed by atoms with Gasteiger partial charge in [-0.15, -0.1) is 11.3 Å². The van der Waals surface area contributed by atoms with Crippen LogP contribution in [-0.2, 0) is 10.0 Å². The Bertz CT molecular complexity index is 896. The molecule has 23 heavy (non-hydrogen) atoms. The number of anilines is 1. The Hall–Kier alpha value is -2.10. The van der Waals surface area contributed by atoms with Crippen LogP contribution in [0.25, 0.3) is 11.2 Å². The fraction of sp³-hybridized carbons (Fsp3) is 0.214. The molecule has 0 unspecified atom stereocenters. The van der Waals surface area contributed by atoms with Crippen LogP contribution in [0.4, 0.5) is 5.82 Å². The zero-order chi connectivity index (χ0) is 16.3. The van der Waals surface area contributed by atoms with Crippen LogP contribution < -0.4 is 5.32 Å². The number of thiophene rings is 1. The van der Waals surface area contributed by atoms with Crippen molar-refractivity contribution in [3.63, 3.8) is 0 Å². The second-order valence-electron chi connectivity index (χ2n) is 4.78. The molecule has 0 aliphatic rings. The number of sulfonamides is 1. The number of aromatic nitrogens is 3. The number of hydrogen-bond acceptors (Lipinski definition) is 7.